The van der Waals surface area contributed by atoms with Crippen molar-refractivity contribution < 1.29 is 9.53 Å². The van der Waals surface area contributed by atoms with E-state index in [0.717, 1.165) is 28.4 Å². The van der Waals surface area contributed by atoms with Gasteiger partial charge in [0.2, 0.25) is 0 Å². The minimum Gasteiger partial charge on any atom is -0.494 e. The van der Waals surface area contributed by atoms with E-state index in [9.17, 15) is 10.1 Å². The van der Waals surface area contributed by atoms with Crippen LogP contribution in [0.15, 0.2) is 35.9 Å². The lowest BCUT2D eigenvalue weighted by atomic mass is 10.1. The Balaban J connectivity index is 2.42. The molecule has 1 heterocycles. The van der Waals surface area contributed by atoms with Gasteiger partial charge in [0.05, 0.1) is 6.61 Å². The van der Waals surface area contributed by atoms with E-state index in [1.807, 2.05) is 65.0 Å². The van der Waals surface area contributed by atoms with E-state index in [4.69, 9.17) is 4.74 Å². The summed E-state index contributed by atoms with van der Waals surface area (Å²) in [5.74, 6) is 0.605. The number of ether oxygens (including phenoxy) is 1. The number of hydrogen-bond acceptors (Lipinski definition) is 3. The molecular formula is C22H27N3O2. The van der Waals surface area contributed by atoms with Gasteiger partial charge in [0.1, 0.15) is 17.4 Å². The molecule has 0 aliphatic carbocycles. The van der Waals surface area contributed by atoms with E-state index in [0.29, 0.717) is 19.7 Å². The summed E-state index contributed by atoms with van der Waals surface area (Å²) in [6.45, 7) is 11.6. The third-order valence-corrected chi connectivity index (χ3v) is 4.58. The molecule has 1 aromatic heterocycles. The molecule has 27 heavy (non-hydrogen) atoms. The number of nitrogens with zero attached hydrogens (tertiary/aromatic N) is 3. The van der Waals surface area contributed by atoms with Gasteiger partial charge >= 0.3 is 0 Å². The van der Waals surface area contributed by atoms with Crippen LogP contribution in [0.5, 0.6) is 5.75 Å². The second-order valence-corrected chi connectivity index (χ2v) is 6.24. The van der Waals surface area contributed by atoms with Crippen molar-refractivity contribution in [3.05, 3.63) is 52.9 Å². The van der Waals surface area contributed by atoms with Crippen molar-refractivity contribution in [1.82, 2.24) is 9.47 Å². The van der Waals surface area contributed by atoms with Crippen molar-refractivity contribution in [1.29, 1.82) is 5.26 Å². The zero-order valence-corrected chi connectivity index (χ0v) is 16.7. The van der Waals surface area contributed by atoms with Crippen LogP contribution in [0.2, 0.25) is 0 Å². The molecule has 5 heteroatoms. The van der Waals surface area contributed by atoms with Gasteiger partial charge in [0, 0.05) is 30.2 Å². The Hall–Kier alpha value is -3.00. The second kappa shape index (κ2) is 9.09. The maximum Gasteiger partial charge on any atom is 0.264 e. The first kappa shape index (κ1) is 20.3. The van der Waals surface area contributed by atoms with Crippen LogP contribution < -0.4 is 4.74 Å². The molecular weight excluding hydrogens is 338 g/mol. The molecule has 0 unspecified atom stereocenters. The summed E-state index contributed by atoms with van der Waals surface area (Å²) in [7, 11) is 0. The van der Waals surface area contributed by atoms with Crippen molar-refractivity contribution in [2.75, 3.05) is 19.7 Å². The van der Waals surface area contributed by atoms with E-state index < -0.39 is 0 Å². The van der Waals surface area contributed by atoms with Crippen molar-refractivity contribution in [2.45, 2.75) is 34.6 Å². The fourth-order valence-corrected chi connectivity index (χ4v) is 3.17. The van der Waals surface area contributed by atoms with Crippen LogP contribution >= 0.6 is 0 Å². The number of hydrogen-bond donors (Lipinski definition) is 0. The SMILES string of the molecule is CCOc1ccc(-n2c(C)cc(/C=C(/C#N)C(=O)N(CC)CC)c2C)cc1. The zero-order chi connectivity index (χ0) is 20.0. The topological polar surface area (TPSA) is 58.3 Å². The third-order valence-electron chi connectivity index (χ3n) is 4.58. The molecule has 0 N–H and O–H groups in total. The van der Waals surface area contributed by atoms with Crippen molar-refractivity contribution in [2.24, 2.45) is 0 Å². The molecule has 5 nitrogen and oxygen atoms in total. The lowest BCUT2D eigenvalue weighted by Crippen LogP contribution is -2.31. The Morgan fingerprint density at radius 2 is 1.81 bits per heavy atom. The summed E-state index contributed by atoms with van der Waals surface area (Å²) < 4.78 is 7.61. The highest BCUT2D eigenvalue weighted by atomic mass is 16.5. The molecule has 0 spiro atoms. The van der Waals surface area contributed by atoms with Crippen molar-refractivity contribution >= 4 is 12.0 Å². The normalized spacial score (nSPS) is 11.2. The maximum atomic E-state index is 12.5. The lowest BCUT2D eigenvalue weighted by Gasteiger charge is -2.17. The first-order chi connectivity index (χ1) is 13.0. The number of carbonyl (C=O) groups is 1. The van der Waals surface area contributed by atoms with Crippen LogP contribution in [0.4, 0.5) is 0 Å². The summed E-state index contributed by atoms with van der Waals surface area (Å²) >= 11 is 0. The van der Waals surface area contributed by atoms with Gasteiger partial charge < -0.3 is 14.2 Å². The Morgan fingerprint density at radius 3 is 2.33 bits per heavy atom. The fraction of sp³-hybridized carbons (Fsp3) is 0.364. The van der Waals surface area contributed by atoms with E-state index in [1.165, 1.54) is 0 Å². The van der Waals surface area contributed by atoms with E-state index >= 15 is 0 Å². The zero-order valence-electron chi connectivity index (χ0n) is 16.7. The van der Waals surface area contributed by atoms with Gasteiger partial charge in [0.15, 0.2) is 0 Å². The highest BCUT2D eigenvalue weighted by Crippen LogP contribution is 2.24. The predicted octanol–water partition coefficient (Wildman–Crippen LogP) is 4.27. The number of rotatable bonds is 7. The van der Waals surface area contributed by atoms with Gasteiger partial charge in [-0.2, -0.15) is 5.26 Å². The quantitative estimate of drug-likeness (QED) is 0.544. The van der Waals surface area contributed by atoms with Crippen LogP contribution in [-0.4, -0.2) is 35.1 Å². The maximum absolute atomic E-state index is 12.5. The van der Waals surface area contributed by atoms with Gasteiger partial charge in [-0.25, -0.2) is 0 Å². The van der Waals surface area contributed by atoms with Gasteiger partial charge in [-0.3, -0.25) is 4.79 Å². The van der Waals surface area contributed by atoms with Gasteiger partial charge in [-0.05, 0) is 76.6 Å². The van der Waals surface area contributed by atoms with Gasteiger partial charge in [-0.15, -0.1) is 0 Å². The molecule has 0 fully saturated rings. The van der Waals surface area contributed by atoms with Crippen molar-refractivity contribution in [3.8, 4) is 17.5 Å². The lowest BCUT2D eigenvalue weighted by molar-refractivity contribution is -0.126. The highest BCUT2D eigenvalue weighted by molar-refractivity contribution is 6.01. The van der Waals surface area contributed by atoms with E-state index in [2.05, 4.69) is 10.6 Å². The molecule has 1 amide bonds. The number of nitriles is 1. The standard InChI is InChI=1S/C22H27N3O2/c1-6-24(7-2)22(26)19(15-23)14-18-13-16(4)25(17(18)5)20-9-11-21(12-10-20)27-8-3/h9-14H,6-8H2,1-5H3/b19-14-. The third kappa shape index (κ3) is 4.40. The van der Waals surface area contributed by atoms with E-state index in [-0.39, 0.29) is 11.5 Å². The Kier molecular flexibility index (Phi) is 6.84. The van der Waals surface area contributed by atoms with Crippen LogP contribution in [-0.2, 0) is 4.79 Å². The molecule has 2 aromatic rings. The first-order valence-electron chi connectivity index (χ1n) is 9.29. The highest BCUT2D eigenvalue weighted by Gasteiger charge is 2.17. The minimum absolute atomic E-state index is 0.158. The van der Waals surface area contributed by atoms with Crippen molar-refractivity contribution in [3.63, 3.8) is 0 Å². The Labute approximate surface area is 161 Å². The number of amides is 1. The van der Waals surface area contributed by atoms with Gasteiger partial charge in [0.25, 0.3) is 5.91 Å². The molecule has 0 saturated heterocycles. The number of benzene rings is 1. The summed E-state index contributed by atoms with van der Waals surface area (Å²) in [4.78, 5) is 14.2. The number of carbonyl (C=O) groups excluding carboxylic acids is 1. The minimum atomic E-state index is -0.228. The largest absolute Gasteiger partial charge is 0.494 e. The summed E-state index contributed by atoms with van der Waals surface area (Å²) in [6, 6.07) is 12.0. The molecule has 0 bridgehead atoms. The van der Waals surface area contributed by atoms with Crippen LogP contribution in [0, 0.1) is 25.2 Å². The molecule has 0 aliphatic heterocycles. The molecule has 142 valence electrons. The number of aryl methyl sites for hydroxylation is 1. The monoisotopic (exact) mass is 365 g/mol. The molecule has 0 atom stereocenters. The summed E-state index contributed by atoms with van der Waals surface area (Å²) in [6.07, 6.45) is 1.69. The smallest absolute Gasteiger partial charge is 0.264 e. The summed E-state index contributed by atoms with van der Waals surface area (Å²) in [5, 5.41) is 9.48. The molecule has 2 rings (SSSR count). The second-order valence-electron chi connectivity index (χ2n) is 6.24. The average Bonchev–Trinajstić information content (AvgIpc) is 2.95. The van der Waals surface area contributed by atoms with Crippen LogP contribution in [0.25, 0.3) is 11.8 Å². The van der Waals surface area contributed by atoms with Crippen LogP contribution in [0.3, 0.4) is 0 Å². The molecule has 0 radical (unpaired) electrons. The molecule has 0 saturated carbocycles. The molecule has 0 aliphatic rings. The summed E-state index contributed by atoms with van der Waals surface area (Å²) in [5.41, 5.74) is 4.07. The van der Waals surface area contributed by atoms with E-state index in [1.54, 1.807) is 11.0 Å². The Morgan fingerprint density at radius 1 is 1.19 bits per heavy atom. The number of likely N-dealkylation sites (N-methyl/N-ethyl adjacent to an activating group) is 1. The average molecular weight is 365 g/mol. The predicted molar refractivity (Wildman–Crippen MR) is 108 cm³/mol. The van der Waals surface area contributed by atoms with Gasteiger partial charge in [-0.1, -0.05) is 0 Å². The fourth-order valence-electron chi connectivity index (χ4n) is 3.17. The Bertz CT molecular complexity index is 866. The van der Waals surface area contributed by atoms with Crippen LogP contribution in [0.1, 0.15) is 37.7 Å². The number of aromatic nitrogens is 1. The first-order valence-corrected chi connectivity index (χ1v) is 9.29. The molecule has 1 aromatic carbocycles.